The van der Waals surface area contributed by atoms with Gasteiger partial charge in [0.25, 0.3) is 5.91 Å². The number of nitrogen functional groups attached to an aromatic ring is 1. The summed E-state index contributed by atoms with van der Waals surface area (Å²) in [5.74, 6) is -0.138. The number of nitrogens with one attached hydrogen (secondary N) is 1. The van der Waals surface area contributed by atoms with E-state index in [2.05, 4.69) is 5.32 Å². The van der Waals surface area contributed by atoms with Crippen LogP contribution in [0.4, 0.5) is 5.69 Å². The molecule has 0 radical (unpaired) electrons. The van der Waals surface area contributed by atoms with Gasteiger partial charge in [-0.1, -0.05) is 0 Å². The van der Waals surface area contributed by atoms with Crippen LogP contribution in [0.1, 0.15) is 30.4 Å². The van der Waals surface area contributed by atoms with Crippen LogP contribution in [0, 0.1) is 0 Å². The molecule has 0 unspecified atom stereocenters. The highest BCUT2D eigenvalue weighted by Gasteiger charge is 2.14. The van der Waals surface area contributed by atoms with Crippen LogP contribution >= 0.6 is 0 Å². The highest BCUT2D eigenvalue weighted by atomic mass is 16.5. The van der Waals surface area contributed by atoms with Gasteiger partial charge in [0.2, 0.25) is 0 Å². The molecule has 0 fully saturated rings. The van der Waals surface area contributed by atoms with Crippen molar-refractivity contribution in [3.05, 3.63) is 18.0 Å². The second-order valence-electron chi connectivity index (χ2n) is 4.52. The summed E-state index contributed by atoms with van der Waals surface area (Å²) in [6, 6.07) is 1.87. The second kappa shape index (κ2) is 7.81. The van der Waals surface area contributed by atoms with Crippen molar-refractivity contribution in [2.45, 2.75) is 19.9 Å². The first-order chi connectivity index (χ1) is 9.06. The fourth-order valence-electron chi connectivity index (χ4n) is 1.68. The van der Waals surface area contributed by atoms with Crippen LogP contribution in [0.5, 0.6) is 0 Å². The summed E-state index contributed by atoms with van der Waals surface area (Å²) in [6.07, 6.45) is 1.77. The Morgan fingerprint density at radius 1 is 1.42 bits per heavy atom. The largest absolute Gasteiger partial charge is 0.397 e. The predicted molar refractivity (Wildman–Crippen MR) is 74.3 cm³/mol. The van der Waals surface area contributed by atoms with E-state index in [-0.39, 0.29) is 11.9 Å². The summed E-state index contributed by atoms with van der Waals surface area (Å²) < 4.78 is 12.0. The number of hydrogen-bond donors (Lipinski definition) is 2. The van der Waals surface area contributed by atoms with Gasteiger partial charge in [0, 0.05) is 25.9 Å². The van der Waals surface area contributed by atoms with E-state index >= 15 is 0 Å². The Kier molecular flexibility index (Phi) is 6.38. The molecule has 1 aromatic rings. The maximum absolute atomic E-state index is 12.0. The molecule has 19 heavy (non-hydrogen) atoms. The van der Waals surface area contributed by atoms with Crippen LogP contribution in [0.25, 0.3) is 0 Å². The summed E-state index contributed by atoms with van der Waals surface area (Å²) in [5, 5.41) is 2.80. The zero-order valence-electron chi connectivity index (χ0n) is 11.8. The molecule has 6 nitrogen and oxygen atoms in total. The van der Waals surface area contributed by atoms with Gasteiger partial charge in [-0.2, -0.15) is 0 Å². The van der Waals surface area contributed by atoms with Crippen molar-refractivity contribution < 1.29 is 14.3 Å². The number of anilines is 1. The van der Waals surface area contributed by atoms with Crippen molar-refractivity contribution in [3.8, 4) is 0 Å². The van der Waals surface area contributed by atoms with E-state index in [0.29, 0.717) is 37.7 Å². The van der Waals surface area contributed by atoms with E-state index < -0.39 is 0 Å². The third kappa shape index (κ3) is 4.92. The topological polar surface area (TPSA) is 78.5 Å². The molecule has 108 valence electrons. The van der Waals surface area contributed by atoms with Crippen molar-refractivity contribution in [2.75, 3.05) is 39.2 Å². The van der Waals surface area contributed by atoms with E-state index in [0.717, 1.165) is 0 Å². The third-order valence-electron chi connectivity index (χ3n) is 2.62. The number of methoxy groups -OCH3 is 1. The summed E-state index contributed by atoms with van der Waals surface area (Å²) in [6.45, 7) is 6.02. The van der Waals surface area contributed by atoms with Crippen molar-refractivity contribution in [3.63, 3.8) is 0 Å². The predicted octanol–water partition coefficient (Wildman–Crippen LogP) is 1.04. The first kappa shape index (κ1) is 15.5. The van der Waals surface area contributed by atoms with Gasteiger partial charge in [-0.3, -0.25) is 4.79 Å². The molecule has 0 spiro atoms. The molecule has 1 heterocycles. The van der Waals surface area contributed by atoms with Crippen molar-refractivity contribution in [1.29, 1.82) is 0 Å². The van der Waals surface area contributed by atoms with Crippen LogP contribution in [0.15, 0.2) is 12.3 Å². The van der Waals surface area contributed by atoms with E-state index in [1.54, 1.807) is 19.4 Å². The number of hydrogen-bond acceptors (Lipinski definition) is 4. The molecular weight excluding hydrogens is 246 g/mol. The standard InChI is InChI=1S/C13H23N3O3/c1-10(2)16-9-11(14)8-12(16)13(17)15-4-5-19-7-6-18-3/h8-10H,4-7,14H2,1-3H3,(H,15,17). The highest BCUT2D eigenvalue weighted by Crippen LogP contribution is 2.16. The summed E-state index contributed by atoms with van der Waals surface area (Å²) in [7, 11) is 1.62. The molecule has 0 bridgehead atoms. The Morgan fingerprint density at radius 2 is 2.16 bits per heavy atom. The Morgan fingerprint density at radius 3 is 2.79 bits per heavy atom. The van der Waals surface area contributed by atoms with Gasteiger partial charge in [0.05, 0.1) is 25.5 Å². The van der Waals surface area contributed by atoms with E-state index in [1.807, 2.05) is 18.4 Å². The van der Waals surface area contributed by atoms with Crippen LogP contribution in [0.3, 0.4) is 0 Å². The summed E-state index contributed by atoms with van der Waals surface area (Å²) >= 11 is 0. The lowest BCUT2D eigenvalue weighted by atomic mass is 10.3. The monoisotopic (exact) mass is 269 g/mol. The molecular formula is C13H23N3O3. The SMILES string of the molecule is COCCOCCNC(=O)c1cc(N)cn1C(C)C. The number of amides is 1. The second-order valence-corrected chi connectivity index (χ2v) is 4.52. The lowest BCUT2D eigenvalue weighted by Gasteiger charge is -2.12. The molecule has 6 heteroatoms. The van der Waals surface area contributed by atoms with Gasteiger partial charge in [-0.25, -0.2) is 0 Å². The minimum absolute atomic E-state index is 0.138. The fourth-order valence-corrected chi connectivity index (χ4v) is 1.68. The molecule has 1 amide bonds. The quantitative estimate of drug-likeness (QED) is 0.691. The maximum atomic E-state index is 12.0. The van der Waals surface area contributed by atoms with Crippen LogP contribution < -0.4 is 11.1 Å². The average Bonchev–Trinajstić information content (AvgIpc) is 2.76. The first-order valence-corrected chi connectivity index (χ1v) is 6.38. The Bertz CT molecular complexity index is 402. The number of carbonyl (C=O) groups is 1. The van der Waals surface area contributed by atoms with E-state index in [9.17, 15) is 4.79 Å². The highest BCUT2D eigenvalue weighted by molar-refractivity contribution is 5.93. The number of rotatable bonds is 8. The van der Waals surface area contributed by atoms with Crippen molar-refractivity contribution >= 4 is 11.6 Å². The fraction of sp³-hybridized carbons (Fsp3) is 0.615. The molecule has 0 aliphatic heterocycles. The molecule has 0 aliphatic rings. The zero-order chi connectivity index (χ0) is 14.3. The van der Waals surface area contributed by atoms with E-state index in [4.69, 9.17) is 15.2 Å². The molecule has 0 saturated carbocycles. The van der Waals surface area contributed by atoms with Crippen molar-refractivity contribution in [1.82, 2.24) is 9.88 Å². The lowest BCUT2D eigenvalue weighted by Crippen LogP contribution is -2.29. The smallest absolute Gasteiger partial charge is 0.268 e. The zero-order valence-corrected chi connectivity index (χ0v) is 11.8. The molecule has 0 aromatic carbocycles. The summed E-state index contributed by atoms with van der Waals surface area (Å²) in [4.78, 5) is 12.0. The minimum Gasteiger partial charge on any atom is -0.397 e. The number of ether oxygens (including phenoxy) is 2. The molecule has 1 aromatic heterocycles. The van der Waals surface area contributed by atoms with Gasteiger partial charge in [0.1, 0.15) is 5.69 Å². The lowest BCUT2D eigenvalue weighted by molar-refractivity contribution is 0.0690. The molecule has 0 atom stereocenters. The summed E-state index contributed by atoms with van der Waals surface area (Å²) in [5.41, 5.74) is 6.89. The first-order valence-electron chi connectivity index (χ1n) is 6.38. The maximum Gasteiger partial charge on any atom is 0.268 e. The van der Waals surface area contributed by atoms with Gasteiger partial charge < -0.3 is 25.1 Å². The number of nitrogens with zero attached hydrogens (tertiary/aromatic N) is 1. The van der Waals surface area contributed by atoms with Crippen LogP contribution in [-0.4, -0.2) is 43.9 Å². The van der Waals surface area contributed by atoms with Crippen molar-refractivity contribution in [2.24, 2.45) is 0 Å². The Labute approximate surface area is 113 Å². The van der Waals surface area contributed by atoms with Gasteiger partial charge in [0.15, 0.2) is 0 Å². The Balaban J connectivity index is 2.41. The van der Waals surface area contributed by atoms with Gasteiger partial charge >= 0.3 is 0 Å². The molecule has 0 saturated heterocycles. The Hall–Kier alpha value is -1.53. The molecule has 0 aliphatic carbocycles. The molecule has 3 N–H and O–H groups in total. The average molecular weight is 269 g/mol. The number of aromatic nitrogens is 1. The number of nitrogens with two attached hydrogens (primary N) is 1. The number of carbonyl (C=O) groups excluding carboxylic acids is 1. The third-order valence-corrected chi connectivity index (χ3v) is 2.62. The normalized spacial score (nSPS) is 10.9. The van der Waals surface area contributed by atoms with E-state index in [1.165, 1.54) is 0 Å². The van der Waals surface area contributed by atoms with Gasteiger partial charge in [-0.15, -0.1) is 0 Å². The van der Waals surface area contributed by atoms with Crippen LogP contribution in [0.2, 0.25) is 0 Å². The minimum atomic E-state index is -0.138. The van der Waals surface area contributed by atoms with Crippen LogP contribution in [-0.2, 0) is 9.47 Å². The van der Waals surface area contributed by atoms with Gasteiger partial charge in [-0.05, 0) is 19.9 Å². The molecule has 1 rings (SSSR count).